The molecule has 1 N–H and O–H groups in total. The number of hydrogen-bond acceptors (Lipinski definition) is 3. The van der Waals surface area contributed by atoms with Gasteiger partial charge >= 0.3 is 5.97 Å². The van der Waals surface area contributed by atoms with Crippen molar-refractivity contribution >= 4 is 11.7 Å². The summed E-state index contributed by atoms with van der Waals surface area (Å²) in [5.74, 6) is 0.425. The number of nitrogens with one attached hydrogen (secondary N) is 1. The molecule has 0 radical (unpaired) electrons. The number of para-hydroxylation sites is 1. The second-order valence-corrected chi connectivity index (χ2v) is 6.23. The van der Waals surface area contributed by atoms with Crippen LogP contribution in [0.15, 0.2) is 24.3 Å². The molecule has 2 rings (SSSR count). The van der Waals surface area contributed by atoms with Crippen molar-refractivity contribution in [3.8, 4) is 0 Å². The van der Waals surface area contributed by atoms with Gasteiger partial charge in [-0.2, -0.15) is 0 Å². The molecule has 104 valence electrons. The fourth-order valence-electron chi connectivity index (χ4n) is 2.43. The number of hydrogen-bond donors (Lipinski definition) is 1. The molecule has 1 heterocycles. The van der Waals surface area contributed by atoms with E-state index in [0.717, 1.165) is 19.4 Å². The van der Waals surface area contributed by atoms with E-state index in [-0.39, 0.29) is 11.6 Å². The Morgan fingerprint density at radius 2 is 2.11 bits per heavy atom. The SMILES string of the molecule is CC(C)(C)OC(=O)CCC1CNc2ccccc2C1. The summed E-state index contributed by atoms with van der Waals surface area (Å²) >= 11 is 0. The van der Waals surface area contributed by atoms with Gasteiger partial charge in [0.1, 0.15) is 5.60 Å². The van der Waals surface area contributed by atoms with Gasteiger partial charge in [-0.3, -0.25) is 4.79 Å². The minimum absolute atomic E-state index is 0.0913. The van der Waals surface area contributed by atoms with Crippen LogP contribution in [0.25, 0.3) is 0 Å². The molecule has 0 amide bonds. The predicted octanol–water partition coefficient (Wildman–Crippen LogP) is 3.39. The summed E-state index contributed by atoms with van der Waals surface area (Å²) in [5.41, 5.74) is 2.20. The van der Waals surface area contributed by atoms with Crippen LogP contribution in [-0.2, 0) is 16.0 Å². The van der Waals surface area contributed by atoms with E-state index in [1.807, 2.05) is 26.8 Å². The van der Waals surface area contributed by atoms with Crippen LogP contribution in [0.1, 0.15) is 39.2 Å². The van der Waals surface area contributed by atoms with Crippen molar-refractivity contribution < 1.29 is 9.53 Å². The molecular formula is C16H23NO2. The number of benzene rings is 1. The first kappa shape index (κ1) is 13.9. The summed E-state index contributed by atoms with van der Waals surface area (Å²) in [6.07, 6.45) is 2.44. The highest BCUT2D eigenvalue weighted by molar-refractivity contribution is 5.69. The minimum Gasteiger partial charge on any atom is -0.460 e. The van der Waals surface area contributed by atoms with Gasteiger partial charge in [-0.15, -0.1) is 0 Å². The lowest BCUT2D eigenvalue weighted by Gasteiger charge is -2.26. The molecular weight excluding hydrogens is 238 g/mol. The van der Waals surface area contributed by atoms with Crippen LogP contribution in [0.5, 0.6) is 0 Å². The van der Waals surface area contributed by atoms with E-state index in [1.165, 1.54) is 11.3 Å². The standard InChI is InChI=1S/C16H23NO2/c1-16(2,3)19-15(18)9-8-12-10-13-6-4-5-7-14(13)17-11-12/h4-7,12,17H,8-11H2,1-3H3. The summed E-state index contributed by atoms with van der Waals surface area (Å²) in [5, 5.41) is 3.43. The molecule has 1 aromatic carbocycles. The summed E-state index contributed by atoms with van der Waals surface area (Å²) < 4.78 is 5.34. The molecule has 0 spiro atoms. The molecule has 0 aromatic heterocycles. The molecule has 19 heavy (non-hydrogen) atoms. The second kappa shape index (κ2) is 5.64. The largest absolute Gasteiger partial charge is 0.460 e. The number of fused-ring (bicyclic) bond motifs is 1. The van der Waals surface area contributed by atoms with Crippen molar-refractivity contribution in [1.82, 2.24) is 0 Å². The molecule has 0 bridgehead atoms. The van der Waals surface area contributed by atoms with Gasteiger partial charge in [-0.1, -0.05) is 18.2 Å². The fraction of sp³-hybridized carbons (Fsp3) is 0.562. The Morgan fingerprint density at radius 3 is 2.84 bits per heavy atom. The number of carbonyl (C=O) groups excluding carboxylic acids is 1. The molecule has 0 aliphatic carbocycles. The van der Waals surface area contributed by atoms with Crippen molar-refractivity contribution in [1.29, 1.82) is 0 Å². The summed E-state index contributed by atoms with van der Waals surface area (Å²) in [6.45, 7) is 6.66. The smallest absolute Gasteiger partial charge is 0.306 e. The Hall–Kier alpha value is -1.51. The van der Waals surface area contributed by atoms with Crippen molar-refractivity contribution in [2.24, 2.45) is 5.92 Å². The number of ether oxygens (including phenoxy) is 1. The third kappa shape index (κ3) is 4.27. The van der Waals surface area contributed by atoms with Gasteiger partial charge in [0.2, 0.25) is 0 Å². The molecule has 1 aromatic rings. The van der Waals surface area contributed by atoms with Gasteiger partial charge < -0.3 is 10.1 Å². The van der Waals surface area contributed by atoms with Crippen LogP contribution in [0.2, 0.25) is 0 Å². The van der Waals surface area contributed by atoms with E-state index in [9.17, 15) is 4.79 Å². The van der Waals surface area contributed by atoms with Gasteiger partial charge in [0, 0.05) is 18.7 Å². The van der Waals surface area contributed by atoms with Gasteiger partial charge in [0.25, 0.3) is 0 Å². The van der Waals surface area contributed by atoms with Gasteiger partial charge in [-0.05, 0) is 51.2 Å². The van der Waals surface area contributed by atoms with Crippen LogP contribution >= 0.6 is 0 Å². The Labute approximate surface area is 115 Å². The lowest BCUT2D eigenvalue weighted by molar-refractivity contribution is -0.155. The van der Waals surface area contributed by atoms with E-state index in [0.29, 0.717) is 12.3 Å². The van der Waals surface area contributed by atoms with Crippen LogP contribution in [-0.4, -0.2) is 18.1 Å². The lowest BCUT2D eigenvalue weighted by atomic mass is 9.90. The third-order valence-corrected chi connectivity index (χ3v) is 3.28. The highest BCUT2D eigenvalue weighted by Gasteiger charge is 2.21. The average molecular weight is 261 g/mol. The Morgan fingerprint density at radius 1 is 1.37 bits per heavy atom. The first-order valence-electron chi connectivity index (χ1n) is 6.98. The highest BCUT2D eigenvalue weighted by Crippen LogP contribution is 2.26. The first-order chi connectivity index (χ1) is 8.94. The average Bonchev–Trinajstić information content (AvgIpc) is 2.34. The Bertz CT molecular complexity index is 448. The molecule has 3 heteroatoms. The highest BCUT2D eigenvalue weighted by atomic mass is 16.6. The van der Waals surface area contributed by atoms with Gasteiger partial charge in [0.15, 0.2) is 0 Å². The lowest BCUT2D eigenvalue weighted by Crippen LogP contribution is -2.26. The number of esters is 1. The maximum atomic E-state index is 11.7. The second-order valence-electron chi connectivity index (χ2n) is 6.23. The summed E-state index contributed by atoms with van der Waals surface area (Å²) in [6, 6.07) is 8.38. The molecule has 1 unspecified atom stereocenters. The third-order valence-electron chi connectivity index (χ3n) is 3.28. The number of anilines is 1. The van der Waals surface area contributed by atoms with Crippen molar-refractivity contribution in [2.45, 2.75) is 45.6 Å². The van der Waals surface area contributed by atoms with Crippen LogP contribution in [0, 0.1) is 5.92 Å². The Balaban J connectivity index is 1.81. The summed E-state index contributed by atoms with van der Waals surface area (Å²) in [7, 11) is 0. The van der Waals surface area contributed by atoms with Crippen molar-refractivity contribution in [3.63, 3.8) is 0 Å². The fourth-order valence-corrected chi connectivity index (χ4v) is 2.43. The molecule has 0 saturated carbocycles. The normalized spacial score (nSPS) is 18.4. The number of carbonyl (C=O) groups is 1. The Kier molecular flexibility index (Phi) is 4.13. The zero-order valence-electron chi connectivity index (χ0n) is 12.0. The monoisotopic (exact) mass is 261 g/mol. The van der Waals surface area contributed by atoms with Crippen molar-refractivity contribution in [2.75, 3.05) is 11.9 Å². The quantitative estimate of drug-likeness (QED) is 0.848. The minimum atomic E-state index is -0.380. The maximum absolute atomic E-state index is 11.7. The number of rotatable bonds is 3. The molecule has 1 atom stereocenters. The molecule has 0 fully saturated rings. The molecule has 1 aliphatic rings. The van der Waals surface area contributed by atoms with Crippen LogP contribution < -0.4 is 5.32 Å². The van der Waals surface area contributed by atoms with E-state index < -0.39 is 0 Å². The van der Waals surface area contributed by atoms with Crippen molar-refractivity contribution in [3.05, 3.63) is 29.8 Å². The van der Waals surface area contributed by atoms with E-state index in [1.54, 1.807) is 0 Å². The van der Waals surface area contributed by atoms with Gasteiger partial charge in [0.05, 0.1) is 0 Å². The molecule has 3 nitrogen and oxygen atoms in total. The topological polar surface area (TPSA) is 38.3 Å². The predicted molar refractivity (Wildman–Crippen MR) is 77.2 cm³/mol. The molecule has 0 saturated heterocycles. The van der Waals surface area contributed by atoms with Crippen LogP contribution in [0.3, 0.4) is 0 Å². The van der Waals surface area contributed by atoms with E-state index >= 15 is 0 Å². The van der Waals surface area contributed by atoms with E-state index in [4.69, 9.17) is 4.74 Å². The zero-order valence-corrected chi connectivity index (χ0v) is 12.0. The van der Waals surface area contributed by atoms with E-state index in [2.05, 4.69) is 23.5 Å². The van der Waals surface area contributed by atoms with Gasteiger partial charge in [-0.25, -0.2) is 0 Å². The first-order valence-corrected chi connectivity index (χ1v) is 6.98. The summed E-state index contributed by atoms with van der Waals surface area (Å²) in [4.78, 5) is 11.7. The molecule has 1 aliphatic heterocycles. The maximum Gasteiger partial charge on any atom is 0.306 e. The zero-order chi connectivity index (χ0) is 13.9. The van der Waals surface area contributed by atoms with Crippen LogP contribution in [0.4, 0.5) is 5.69 Å².